The molecule has 0 N–H and O–H groups in total. The highest BCUT2D eigenvalue weighted by Crippen LogP contribution is 2.28. The summed E-state index contributed by atoms with van der Waals surface area (Å²) < 4.78 is 2.31. The Labute approximate surface area is 157 Å². The molecule has 1 aromatic heterocycles. The van der Waals surface area contributed by atoms with Gasteiger partial charge in [-0.3, -0.25) is 9.80 Å². The number of aromatic nitrogens is 2. The Kier molecular flexibility index (Phi) is 5.41. The molecule has 26 heavy (non-hydrogen) atoms. The first kappa shape index (κ1) is 17.7. The van der Waals surface area contributed by atoms with E-state index >= 15 is 0 Å². The normalized spacial score (nSPS) is 21.4. The summed E-state index contributed by atoms with van der Waals surface area (Å²) in [4.78, 5) is 9.88. The number of nitrogens with zero attached hydrogens (tertiary/aromatic N) is 4. The third-order valence-electron chi connectivity index (χ3n) is 6.25. The van der Waals surface area contributed by atoms with Gasteiger partial charge in [0.15, 0.2) is 0 Å². The lowest BCUT2D eigenvalue weighted by atomic mass is 10.0. The van der Waals surface area contributed by atoms with Crippen LogP contribution in [0.4, 0.5) is 0 Å². The zero-order valence-corrected chi connectivity index (χ0v) is 16.3. The van der Waals surface area contributed by atoms with E-state index < -0.39 is 0 Å². The number of aryl methyl sites for hydroxylation is 1. The Balaban J connectivity index is 1.37. The molecule has 1 atom stereocenters. The van der Waals surface area contributed by atoms with Gasteiger partial charge in [0.05, 0.1) is 6.54 Å². The van der Waals surface area contributed by atoms with Crippen LogP contribution in [0, 0.1) is 0 Å². The molecule has 1 aromatic carbocycles. The predicted octanol–water partition coefficient (Wildman–Crippen LogP) is 3.36. The molecule has 0 bridgehead atoms. The summed E-state index contributed by atoms with van der Waals surface area (Å²) in [6, 6.07) is 10.3. The van der Waals surface area contributed by atoms with E-state index in [1.165, 1.54) is 44.6 Å². The molecule has 0 amide bonds. The summed E-state index contributed by atoms with van der Waals surface area (Å²) in [5, 5.41) is 0. The molecule has 2 aliphatic rings. The minimum Gasteiger partial charge on any atom is -0.334 e. The number of likely N-dealkylation sites (tertiary alicyclic amines) is 1. The van der Waals surface area contributed by atoms with E-state index in [2.05, 4.69) is 63.8 Å². The minimum absolute atomic E-state index is 0.638. The van der Waals surface area contributed by atoms with E-state index in [1.54, 1.807) is 11.1 Å². The molecule has 2 heterocycles. The van der Waals surface area contributed by atoms with Gasteiger partial charge in [-0.1, -0.05) is 31.2 Å². The van der Waals surface area contributed by atoms with Crippen molar-refractivity contribution in [2.45, 2.75) is 64.2 Å². The number of piperidine rings is 1. The maximum Gasteiger partial charge on any atom is 0.122 e. The first-order valence-electron chi connectivity index (χ1n) is 10.3. The molecule has 0 spiro atoms. The van der Waals surface area contributed by atoms with E-state index in [4.69, 9.17) is 0 Å². The molecule has 0 saturated carbocycles. The van der Waals surface area contributed by atoms with Crippen molar-refractivity contribution >= 4 is 0 Å². The van der Waals surface area contributed by atoms with Crippen LogP contribution in [0.15, 0.2) is 36.7 Å². The minimum atomic E-state index is 0.638. The summed E-state index contributed by atoms with van der Waals surface area (Å²) >= 11 is 0. The quantitative estimate of drug-likeness (QED) is 0.797. The number of rotatable bonds is 6. The summed E-state index contributed by atoms with van der Waals surface area (Å²) in [6.45, 7) is 6.71. The van der Waals surface area contributed by atoms with Crippen LogP contribution >= 0.6 is 0 Å². The zero-order valence-electron chi connectivity index (χ0n) is 16.3. The number of imidazole rings is 1. The Morgan fingerprint density at radius 1 is 1.19 bits per heavy atom. The fraction of sp³-hybridized carbons (Fsp3) is 0.591. The Morgan fingerprint density at radius 2 is 1.96 bits per heavy atom. The fourth-order valence-electron chi connectivity index (χ4n) is 4.76. The molecule has 2 aromatic rings. The van der Waals surface area contributed by atoms with Gasteiger partial charge in [0.25, 0.3) is 0 Å². The molecular formula is C22H32N4. The van der Waals surface area contributed by atoms with Gasteiger partial charge in [-0.15, -0.1) is 0 Å². The molecule has 140 valence electrons. The van der Waals surface area contributed by atoms with Gasteiger partial charge in [-0.2, -0.15) is 0 Å². The SMILES string of the molecule is CCCn1ccnc1CN(C)C1CCCN(C2Cc3ccccc3C2)C1. The maximum atomic E-state index is 4.60. The number of hydrogen-bond donors (Lipinski definition) is 0. The second-order valence-electron chi connectivity index (χ2n) is 8.07. The zero-order chi connectivity index (χ0) is 17.9. The van der Waals surface area contributed by atoms with Crippen LogP contribution in [0.25, 0.3) is 0 Å². The molecule has 1 aliphatic carbocycles. The van der Waals surface area contributed by atoms with E-state index in [-0.39, 0.29) is 0 Å². The topological polar surface area (TPSA) is 24.3 Å². The van der Waals surface area contributed by atoms with Crippen molar-refractivity contribution in [2.75, 3.05) is 20.1 Å². The number of fused-ring (bicyclic) bond motifs is 1. The number of benzene rings is 1. The van der Waals surface area contributed by atoms with Crippen LogP contribution < -0.4 is 0 Å². The Morgan fingerprint density at radius 3 is 2.69 bits per heavy atom. The second kappa shape index (κ2) is 7.93. The van der Waals surface area contributed by atoms with Crippen molar-refractivity contribution in [3.63, 3.8) is 0 Å². The van der Waals surface area contributed by atoms with Crippen molar-refractivity contribution < 1.29 is 0 Å². The first-order chi connectivity index (χ1) is 12.7. The molecule has 1 saturated heterocycles. The highest BCUT2D eigenvalue weighted by atomic mass is 15.2. The van der Waals surface area contributed by atoms with E-state index in [9.17, 15) is 0 Å². The maximum absolute atomic E-state index is 4.60. The van der Waals surface area contributed by atoms with Gasteiger partial charge >= 0.3 is 0 Å². The molecular weight excluding hydrogens is 320 g/mol. The first-order valence-corrected chi connectivity index (χ1v) is 10.3. The third-order valence-corrected chi connectivity index (χ3v) is 6.25. The average Bonchev–Trinajstić information content (AvgIpc) is 3.29. The van der Waals surface area contributed by atoms with Gasteiger partial charge in [-0.25, -0.2) is 4.98 Å². The molecule has 4 nitrogen and oxygen atoms in total. The summed E-state index contributed by atoms with van der Waals surface area (Å²) in [5.74, 6) is 1.21. The number of likely N-dealkylation sites (N-methyl/N-ethyl adjacent to an activating group) is 1. The highest BCUT2D eigenvalue weighted by Gasteiger charge is 2.31. The second-order valence-corrected chi connectivity index (χ2v) is 8.07. The van der Waals surface area contributed by atoms with Crippen LogP contribution in [0.5, 0.6) is 0 Å². The van der Waals surface area contributed by atoms with Gasteiger partial charge in [0.2, 0.25) is 0 Å². The lowest BCUT2D eigenvalue weighted by Gasteiger charge is -2.40. The van der Waals surface area contributed by atoms with Crippen molar-refractivity contribution in [2.24, 2.45) is 0 Å². The monoisotopic (exact) mass is 352 g/mol. The van der Waals surface area contributed by atoms with Crippen LogP contribution in [-0.4, -0.2) is 51.6 Å². The van der Waals surface area contributed by atoms with Gasteiger partial charge in [-0.05, 0) is 56.8 Å². The standard InChI is InChI=1S/C22H32N4/c1-3-11-25-13-10-23-22(25)17-24(2)20-9-6-12-26(16-20)21-14-18-7-4-5-8-19(18)15-21/h4-5,7-8,10,13,20-21H,3,6,9,11-12,14-17H2,1-2H3. The van der Waals surface area contributed by atoms with E-state index in [0.29, 0.717) is 12.1 Å². The van der Waals surface area contributed by atoms with Gasteiger partial charge in [0.1, 0.15) is 5.82 Å². The van der Waals surface area contributed by atoms with Crippen molar-refractivity contribution in [3.8, 4) is 0 Å². The van der Waals surface area contributed by atoms with Crippen LogP contribution in [0.1, 0.15) is 43.1 Å². The van der Waals surface area contributed by atoms with E-state index in [0.717, 1.165) is 19.5 Å². The molecule has 0 radical (unpaired) electrons. The number of hydrogen-bond acceptors (Lipinski definition) is 3. The molecule has 4 heteroatoms. The molecule has 1 aliphatic heterocycles. The summed E-state index contributed by atoms with van der Waals surface area (Å²) in [5.41, 5.74) is 3.13. The summed E-state index contributed by atoms with van der Waals surface area (Å²) in [7, 11) is 2.28. The van der Waals surface area contributed by atoms with Crippen LogP contribution in [0.3, 0.4) is 0 Å². The smallest absolute Gasteiger partial charge is 0.122 e. The van der Waals surface area contributed by atoms with E-state index in [1.807, 2.05) is 6.20 Å². The molecule has 1 unspecified atom stereocenters. The van der Waals surface area contributed by atoms with Gasteiger partial charge < -0.3 is 4.57 Å². The lowest BCUT2D eigenvalue weighted by Crippen LogP contribution is -2.50. The van der Waals surface area contributed by atoms with Crippen molar-refractivity contribution in [1.29, 1.82) is 0 Å². The van der Waals surface area contributed by atoms with Crippen LogP contribution in [0.2, 0.25) is 0 Å². The Hall–Kier alpha value is -1.65. The largest absolute Gasteiger partial charge is 0.334 e. The Bertz CT molecular complexity index is 697. The fourth-order valence-corrected chi connectivity index (χ4v) is 4.76. The third kappa shape index (κ3) is 3.72. The summed E-state index contributed by atoms with van der Waals surface area (Å²) in [6.07, 6.45) is 10.3. The lowest BCUT2D eigenvalue weighted by molar-refractivity contribution is 0.0817. The van der Waals surface area contributed by atoms with Crippen molar-refractivity contribution in [3.05, 3.63) is 53.6 Å². The van der Waals surface area contributed by atoms with Crippen LogP contribution in [-0.2, 0) is 25.9 Å². The molecule has 4 rings (SSSR count). The average molecular weight is 353 g/mol. The predicted molar refractivity (Wildman–Crippen MR) is 106 cm³/mol. The van der Waals surface area contributed by atoms with Crippen molar-refractivity contribution in [1.82, 2.24) is 19.4 Å². The molecule has 1 fully saturated rings. The highest BCUT2D eigenvalue weighted by molar-refractivity contribution is 5.33. The van der Waals surface area contributed by atoms with Gasteiger partial charge in [0, 0.05) is 37.6 Å².